The topological polar surface area (TPSA) is 0 Å². The number of hydrogen-bond acceptors (Lipinski definition) is 0. The summed E-state index contributed by atoms with van der Waals surface area (Å²) in [6.45, 7) is 2.28. The lowest BCUT2D eigenvalue weighted by molar-refractivity contribution is 0.150. The molecule has 1 aliphatic rings. The van der Waals surface area contributed by atoms with Crippen LogP contribution in [0.15, 0.2) is 0 Å². The molecule has 0 bridgehead atoms. The average molecular weight is 219 g/mol. The van der Waals surface area contributed by atoms with E-state index in [0.717, 1.165) is 5.41 Å². The Morgan fingerprint density at radius 2 is 2.00 bits per heavy atom. The summed E-state index contributed by atoms with van der Waals surface area (Å²) >= 11 is 3.64. The monoisotopic (exact) mass is 218 g/mol. The van der Waals surface area contributed by atoms with Crippen LogP contribution in [-0.4, -0.2) is 5.33 Å². The zero-order valence-corrected chi connectivity index (χ0v) is 9.12. The summed E-state index contributed by atoms with van der Waals surface area (Å²) < 4.78 is 0. The molecule has 1 fully saturated rings. The predicted molar refractivity (Wildman–Crippen MR) is 54.2 cm³/mol. The second-order valence-corrected chi connectivity index (χ2v) is 4.51. The standard InChI is InChI=1S/C10H19Br/c1-2-3-4-6-10(9-11)7-5-8-10/h2-9H2,1H3. The molecule has 0 N–H and O–H groups in total. The molecule has 66 valence electrons. The van der Waals surface area contributed by atoms with Crippen LogP contribution in [0.5, 0.6) is 0 Å². The van der Waals surface area contributed by atoms with Gasteiger partial charge < -0.3 is 0 Å². The Kier molecular flexibility index (Phi) is 3.91. The smallest absolute Gasteiger partial charge is 0.00879 e. The minimum Gasteiger partial charge on any atom is -0.0922 e. The molecular formula is C10H19Br. The summed E-state index contributed by atoms with van der Waals surface area (Å²) in [7, 11) is 0. The molecule has 0 aromatic rings. The average Bonchev–Trinajstić information content (AvgIpc) is 1.95. The van der Waals surface area contributed by atoms with E-state index < -0.39 is 0 Å². The highest BCUT2D eigenvalue weighted by Gasteiger charge is 2.34. The van der Waals surface area contributed by atoms with Gasteiger partial charge in [-0.15, -0.1) is 0 Å². The van der Waals surface area contributed by atoms with E-state index in [0.29, 0.717) is 0 Å². The summed E-state index contributed by atoms with van der Waals surface area (Å²) in [5.41, 5.74) is 0.731. The van der Waals surface area contributed by atoms with Gasteiger partial charge >= 0.3 is 0 Å². The van der Waals surface area contributed by atoms with Crippen molar-refractivity contribution in [3.05, 3.63) is 0 Å². The molecule has 0 spiro atoms. The Balaban J connectivity index is 2.11. The maximum atomic E-state index is 3.64. The first-order valence-electron chi connectivity index (χ1n) is 4.89. The van der Waals surface area contributed by atoms with Crippen molar-refractivity contribution in [1.82, 2.24) is 0 Å². The molecule has 0 aromatic carbocycles. The van der Waals surface area contributed by atoms with E-state index in [9.17, 15) is 0 Å². The molecule has 0 aromatic heterocycles. The number of unbranched alkanes of at least 4 members (excludes halogenated alkanes) is 2. The van der Waals surface area contributed by atoms with Gasteiger partial charge in [-0.2, -0.15) is 0 Å². The van der Waals surface area contributed by atoms with Crippen molar-refractivity contribution in [3.8, 4) is 0 Å². The molecule has 0 amide bonds. The second kappa shape index (κ2) is 4.49. The van der Waals surface area contributed by atoms with E-state index in [1.807, 2.05) is 0 Å². The van der Waals surface area contributed by atoms with Crippen molar-refractivity contribution in [2.75, 3.05) is 5.33 Å². The Morgan fingerprint density at radius 1 is 1.27 bits per heavy atom. The molecule has 1 rings (SSSR count). The van der Waals surface area contributed by atoms with E-state index in [1.165, 1.54) is 50.3 Å². The van der Waals surface area contributed by atoms with Gasteiger partial charge in [-0.25, -0.2) is 0 Å². The van der Waals surface area contributed by atoms with Crippen LogP contribution < -0.4 is 0 Å². The molecule has 1 aliphatic carbocycles. The third kappa shape index (κ3) is 2.47. The van der Waals surface area contributed by atoms with Crippen LogP contribution in [0.25, 0.3) is 0 Å². The molecule has 1 saturated carbocycles. The highest BCUT2D eigenvalue weighted by Crippen LogP contribution is 2.46. The van der Waals surface area contributed by atoms with Crippen molar-refractivity contribution in [2.24, 2.45) is 5.41 Å². The second-order valence-electron chi connectivity index (χ2n) is 3.94. The van der Waals surface area contributed by atoms with E-state index >= 15 is 0 Å². The maximum Gasteiger partial charge on any atom is 0.00879 e. The Labute approximate surface area is 78.9 Å². The van der Waals surface area contributed by atoms with E-state index in [2.05, 4.69) is 22.9 Å². The third-order valence-corrected chi connectivity index (χ3v) is 4.20. The van der Waals surface area contributed by atoms with Gasteiger partial charge in [0, 0.05) is 5.33 Å². The lowest BCUT2D eigenvalue weighted by Gasteiger charge is -2.40. The third-order valence-electron chi connectivity index (χ3n) is 3.01. The molecule has 1 heteroatoms. The summed E-state index contributed by atoms with van der Waals surface area (Å²) in [4.78, 5) is 0. The summed E-state index contributed by atoms with van der Waals surface area (Å²) in [6.07, 6.45) is 10.1. The van der Waals surface area contributed by atoms with E-state index in [-0.39, 0.29) is 0 Å². The van der Waals surface area contributed by atoms with Crippen LogP contribution in [0.3, 0.4) is 0 Å². The summed E-state index contributed by atoms with van der Waals surface area (Å²) in [5.74, 6) is 0. The van der Waals surface area contributed by atoms with Crippen LogP contribution >= 0.6 is 15.9 Å². The van der Waals surface area contributed by atoms with Crippen molar-refractivity contribution >= 4 is 15.9 Å². The van der Waals surface area contributed by atoms with E-state index in [4.69, 9.17) is 0 Å². The molecule has 0 radical (unpaired) electrons. The molecule has 11 heavy (non-hydrogen) atoms. The molecule has 0 saturated heterocycles. The van der Waals surface area contributed by atoms with Crippen molar-refractivity contribution in [2.45, 2.75) is 51.9 Å². The molecular weight excluding hydrogens is 200 g/mol. The highest BCUT2D eigenvalue weighted by atomic mass is 79.9. The summed E-state index contributed by atoms with van der Waals surface area (Å²) in [6, 6.07) is 0. The lowest BCUT2D eigenvalue weighted by Crippen LogP contribution is -2.30. The van der Waals surface area contributed by atoms with Gasteiger partial charge in [0.25, 0.3) is 0 Å². The molecule has 0 heterocycles. The minimum atomic E-state index is 0.731. The molecule has 0 aliphatic heterocycles. The fourth-order valence-electron chi connectivity index (χ4n) is 1.88. The largest absolute Gasteiger partial charge is 0.0922 e. The predicted octanol–water partition coefficient (Wildman–Crippen LogP) is 4.13. The van der Waals surface area contributed by atoms with Crippen molar-refractivity contribution in [3.63, 3.8) is 0 Å². The molecule has 0 nitrogen and oxygen atoms in total. The van der Waals surface area contributed by atoms with Gasteiger partial charge in [-0.3, -0.25) is 0 Å². The highest BCUT2D eigenvalue weighted by molar-refractivity contribution is 9.09. The van der Waals surface area contributed by atoms with Gasteiger partial charge in [0.15, 0.2) is 0 Å². The first kappa shape index (κ1) is 9.57. The molecule has 0 unspecified atom stereocenters. The van der Waals surface area contributed by atoms with Crippen molar-refractivity contribution < 1.29 is 0 Å². The lowest BCUT2D eigenvalue weighted by atomic mass is 9.67. The zero-order chi connectivity index (χ0) is 8.16. The quantitative estimate of drug-likeness (QED) is 0.481. The van der Waals surface area contributed by atoms with Crippen molar-refractivity contribution in [1.29, 1.82) is 0 Å². The minimum absolute atomic E-state index is 0.731. The SMILES string of the molecule is CCCCCC1(CBr)CCC1. The Bertz CT molecular complexity index is 99.9. The maximum absolute atomic E-state index is 3.64. The first-order chi connectivity index (χ1) is 5.33. The van der Waals surface area contributed by atoms with Gasteiger partial charge in [-0.05, 0) is 24.7 Å². The van der Waals surface area contributed by atoms with Crippen LogP contribution in [0, 0.1) is 5.41 Å². The van der Waals surface area contributed by atoms with Crippen LogP contribution in [0.4, 0.5) is 0 Å². The zero-order valence-electron chi connectivity index (χ0n) is 7.53. The number of halogens is 1. The van der Waals surface area contributed by atoms with Crippen LogP contribution in [0.2, 0.25) is 0 Å². The van der Waals surface area contributed by atoms with Crippen LogP contribution in [-0.2, 0) is 0 Å². The number of rotatable bonds is 5. The van der Waals surface area contributed by atoms with Gasteiger partial charge in [0.05, 0.1) is 0 Å². The fourth-order valence-corrected chi connectivity index (χ4v) is 2.72. The number of alkyl halides is 1. The van der Waals surface area contributed by atoms with E-state index in [1.54, 1.807) is 0 Å². The van der Waals surface area contributed by atoms with Gasteiger partial charge in [0.2, 0.25) is 0 Å². The Hall–Kier alpha value is 0.480. The molecule has 0 atom stereocenters. The van der Waals surface area contributed by atoms with Crippen LogP contribution in [0.1, 0.15) is 51.9 Å². The van der Waals surface area contributed by atoms with Gasteiger partial charge in [0.1, 0.15) is 0 Å². The number of hydrogen-bond donors (Lipinski definition) is 0. The fraction of sp³-hybridized carbons (Fsp3) is 1.00. The first-order valence-corrected chi connectivity index (χ1v) is 6.01. The normalized spacial score (nSPS) is 21.3. The Morgan fingerprint density at radius 3 is 2.36 bits per heavy atom. The summed E-state index contributed by atoms with van der Waals surface area (Å²) in [5, 5.41) is 1.24. The van der Waals surface area contributed by atoms with Gasteiger partial charge in [-0.1, -0.05) is 48.5 Å².